The molecule has 0 spiro atoms. The fraction of sp³-hybridized carbons (Fsp3) is 0.556. The molecule has 1 atom stereocenters. The zero-order chi connectivity index (χ0) is 9.80. The highest BCUT2D eigenvalue weighted by molar-refractivity contribution is 6.28. The molecule has 0 aliphatic carbocycles. The molecule has 0 unspecified atom stereocenters. The van der Waals surface area contributed by atoms with Crippen LogP contribution in [-0.2, 0) is 4.74 Å². The van der Waals surface area contributed by atoms with Crippen LogP contribution in [0.3, 0.4) is 0 Å². The Bertz CT molecular complexity index is 302. The van der Waals surface area contributed by atoms with Crippen LogP contribution < -0.4 is 5.32 Å². The molecule has 76 valence electrons. The highest BCUT2D eigenvalue weighted by Crippen LogP contribution is 2.13. The molecule has 1 aliphatic heterocycles. The van der Waals surface area contributed by atoms with E-state index in [1.54, 1.807) is 12.3 Å². The predicted molar refractivity (Wildman–Crippen MR) is 54.5 cm³/mol. The second kappa shape index (κ2) is 4.57. The number of ether oxygens (including phenoxy) is 1. The van der Waals surface area contributed by atoms with Crippen LogP contribution in [-0.4, -0.2) is 29.2 Å². The Morgan fingerprint density at radius 2 is 2.50 bits per heavy atom. The molecule has 1 aliphatic rings. The van der Waals surface area contributed by atoms with Gasteiger partial charge in [0.2, 0.25) is 5.28 Å². The smallest absolute Gasteiger partial charge is 0.224 e. The molecule has 4 nitrogen and oxygen atoms in total. The molecular formula is C9H12ClN3O. The minimum absolute atomic E-state index is 0.270. The minimum Gasteiger partial charge on any atom is -0.379 e. The molecule has 5 heteroatoms. The maximum Gasteiger partial charge on any atom is 0.224 e. The van der Waals surface area contributed by atoms with Crippen molar-refractivity contribution in [2.75, 3.05) is 18.5 Å². The highest BCUT2D eigenvalue weighted by atomic mass is 35.5. The molecule has 0 amide bonds. The van der Waals surface area contributed by atoms with E-state index in [2.05, 4.69) is 15.3 Å². The Balaban J connectivity index is 1.95. The van der Waals surface area contributed by atoms with Gasteiger partial charge in [0, 0.05) is 12.8 Å². The number of hydrogen-bond acceptors (Lipinski definition) is 4. The van der Waals surface area contributed by atoms with Crippen LogP contribution in [0.4, 0.5) is 5.82 Å². The van der Waals surface area contributed by atoms with Gasteiger partial charge in [0.05, 0.1) is 12.6 Å². The molecule has 1 fully saturated rings. The second-order valence-electron chi connectivity index (χ2n) is 3.27. The minimum atomic E-state index is 0.270. The first-order valence-electron chi connectivity index (χ1n) is 4.67. The monoisotopic (exact) mass is 213 g/mol. The molecule has 0 aromatic carbocycles. The molecule has 1 N–H and O–H groups in total. The lowest BCUT2D eigenvalue weighted by Gasteiger charge is -2.23. The number of aromatic nitrogens is 2. The summed E-state index contributed by atoms with van der Waals surface area (Å²) in [6.07, 6.45) is 3.85. The van der Waals surface area contributed by atoms with Crippen LogP contribution >= 0.6 is 11.6 Å². The first kappa shape index (κ1) is 9.68. The first-order valence-corrected chi connectivity index (χ1v) is 5.05. The fourth-order valence-electron chi connectivity index (χ4n) is 1.48. The van der Waals surface area contributed by atoms with Crippen LogP contribution in [0.15, 0.2) is 12.3 Å². The third-order valence-electron chi connectivity index (χ3n) is 2.14. The number of nitrogens with one attached hydrogen (secondary N) is 1. The Labute approximate surface area is 87.7 Å². The summed E-state index contributed by atoms with van der Waals surface area (Å²) in [6, 6.07) is 2.15. The lowest BCUT2D eigenvalue weighted by Crippen LogP contribution is -2.30. The van der Waals surface area contributed by atoms with Crippen LogP contribution in [0.25, 0.3) is 0 Å². The van der Waals surface area contributed by atoms with Crippen molar-refractivity contribution in [3.8, 4) is 0 Å². The molecule has 14 heavy (non-hydrogen) atoms. The number of hydrogen-bond donors (Lipinski definition) is 1. The third-order valence-corrected chi connectivity index (χ3v) is 2.32. The summed E-state index contributed by atoms with van der Waals surface area (Å²) >= 11 is 5.67. The van der Waals surface area contributed by atoms with Gasteiger partial charge in [0.1, 0.15) is 5.82 Å². The van der Waals surface area contributed by atoms with Crippen LogP contribution in [0.5, 0.6) is 0 Å². The Morgan fingerprint density at radius 3 is 3.21 bits per heavy atom. The second-order valence-corrected chi connectivity index (χ2v) is 3.61. The van der Waals surface area contributed by atoms with Gasteiger partial charge in [-0.1, -0.05) is 0 Å². The molecule has 0 bridgehead atoms. The number of rotatable bonds is 2. The number of anilines is 1. The Kier molecular flexibility index (Phi) is 3.16. The summed E-state index contributed by atoms with van der Waals surface area (Å²) in [5.74, 6) is 0.764. The van der Waals surface area contributed by atoms with Gasteiger partial charge in [-0.05, 0) is 30.5 Å². The summed E-state index contributed by atoms with van der Waals surface area (Å²) in [4.78, 5) is 7.87. The highest BCUT2D eigenvalue weighted by Gasteiger charge is 2.13. The molecule has 2 rings (SSSR count). The van der Waals surface area contributed by atoms with Gasteiger partial charge in [-0.25, -0.2) is 9.97 Å². The first-order chi connectivity index (χ1) is 6.84. The Hall–Kier alpha value is -0.870. The number of nitrogens with zero attached hydrogens (tertiary/aromatic N) is 2. The van der Waals surface area contributed by atoms with E-state index in [0.29, 0.717) is 6.04 Å². The molecule has 2 heterocycles. The van der Waals surface area contributed by atoms with Crippen molar-refractivity contribution in [1.82, 2.24) is 9.97 Å². The average molecular weight is 214 g/mol. The van der Waals surface area contributed by atoms with Gasteiger partial charge in [-0.3, -0.25) is 0 Å². The van der Waals surface area contributed by atoms with Crippen molar-refractivity contribution in [3.05, 3.63) is 17.5 Å². The van der Waals surface area contributed by atoms with Crippen molar-refractivity contribution < 1.29 is 4.74 Å². The SMILES string of the molecule is Clc1nccc(N[C@H]2CCCOC2)n1. The van der Waals surface area contributed by atoms with Gasteiger partial charge >= 0.3 is 0 Å². The van der Waals surface area contributed by atoms with Crippen molar-refractivity contribution in [2.45, 2.75) is 18.9 Å². The third kappa shape index (κ3) is 2.56. The summed E-state index contributed by atoms with van der Waals surface area (Å²) in [6.45, 7) is 1.60. The summed E-state index contributed by atoms with van der Waals surface area (Å²) in [5.41, 5.74) is 0. The molecule has 1 aromatic rings. The van der Waals surface area contributed by atoms with E-state index in [9.17, 15) is 0 Å². The van der Waals surface area contributed by atoms with Crippen LogP contribution in [0.1, 0.15) is 12.8 Å². The van der Waals surface area contributed by atoms with Crippen LogP contribution in [0, 0.1) is 0 Å². The van der Waals surface area contributed by atoms with Gasteiger partial charge < -0.3 is 10.1 Å². The molecule has 0 saturated carbocycles. The van der Waals surface area contributed by atoms with E-state index in [0.717, 1.165) is 31.9 Å². The fourth-order valence-corrected chi connectivity index (χ4v) is 1.63. The van der Waals surface area contributed by atoms with E-state index in [4.69, 9.17) is 16.3 Å². The van der Waals surface area contributed by atoms with Gasteiger partial charge in [-0.2, -0.15) is 0 Å². The predicted octanol–water partition coefficient (Wildman–Crippen LogP) is 1.72. The number of halogens is 1. The van der Waals surface area contributed by atoms with E-state index in [-0.39, 0.29) is 5.28 Å². The van der Waals surface area contributed by atoms with Crippen molar-refractivity contribution in [1.29, 1.82) is 0 Å². The average Bonchev–Trinajstić information content (AvgIpc) is 2.19. The van der Waals surface area contributed by atoms with E-state index >= 15 is 0 Å². The molecular weight excluding hydrogens is 202 g/mol. The van der Waals surface area contributed by atoms with E-state index in [1.165, 1.54) is 0 Å². The quantitative estimate of drug-likeness (QED) is 0.760. The van der Waals surface area contributed by atoms with E-state index in [1.807, 2.05) is 0 Å². The van der Waals surface area contributed by atoms with Crippen molar-refractivity contribution >= 4 is 17.4 Å². The van der Waals surface area contributed by atoms with Gasteiger partial charge in [-0.15, -0.1) is 0 Å². The summed E-state index contributed by atoms with van der Waals surface area (Å²) < 4.78 is 5.35. The van der Waals surface area contributed by atoms with E-state index < -0.39 is 0 Å². The maximum absolute atomic E-state index is 5.67. The summed E-state index contributed by atoms with van der Waals surface area (Å²) in [7, 11) is 0. The summed E-state index contributed by atoms with van der Waals surface area (Å²) in [5, 5.41) is 3.53. The topological polar surface area (TPSA) is 47.0 Å². The zero-order valence-corrected chi connectivity index (χ0v) is 8.50. The molecule has 0 radical (unpaired) electrons. The molecule has 1 saturated heterocycles. The standard InChI is InChI=1S/C9H12ClN3O/c10-9-11-4-3-8(13-9)12-7-2-1-5-14-6-7/h3-4,7H,1-2,5-6H2,(H,11,12,13)/t7-/m0/s1. The lowest BCUT2D eigenvalue weighted by atomic mass is 10.1. The van der Waals surface area contributed by atoms with Crippen molar-refractivity contribution in [3.63, 3.8) is 0 Å². The largest absolute Gasteiger partial charge is 0.379 e. The van der Waals surface area contributed by atoms with Gasteiger partial charge in [0.15, 0.2) is 0 Å². The molecule has 1 aromatic heterocycles. The lowest BCUT2D eigenvalue weighted by molar-refractivity contribution is 0.0875. The normalized spacial score (nSPS) is 21.9. The Morgan fingerprint density at radius 1 is 1.57 bits per heavy atom. The van der Waals surface area contributed by atoms with Crippen LogP contribution in [0.2, 0.25) is 5.28 Å². The zero-order valence-electron chi connectivity index (χ0n) is 7.74. The van der Waals surface area contributed by atoms with Crippen molar-refractivity contribution in [2.24, 2.45) is 0 Å². The van der Waals surface area contributed by atoms with Gasteiger partial charge in [0.25, 0.3) is 0 Å². The maximum atomic E-state index is 5.67.